The molecular weight excluding hydrogens is 270 g/mol. The standard InChI is InChI=1S/C11H18BrN3O/c1-3-16-5-4-15(2)11-9(7-13)6-10(12)8-14-11/h6,8H,3-5,7,13H2,1-2H3. The minimum absolute atomic E-state index is 0.487. The van der Waals surface area contributed by atoms with Crippen LogP contribution in [-0.4, -0.2) is 31.8 Å². The summed E-state index contributed by atoms with van der Waals surface area (Å²) in [6.07, 6.45) is 1.78. The third-order valence-electron chi connectivity index (χ3n) is 2.27. The minimum atomic E-state index is 0.487. The van der Waals surface area contributed by atoms with Gasteiger partial charge < -0.3 is 15.4 Å². The molecule has 0 bridgehead atoms. The van der Waals surface area contributed by atoms with Crippen LogP contribution in [0, 0.1) is 0 Å². The zero-order chi connectivity index (χ0) is 12.0. The molecule has 0 unspecified atom stereocenters. The molecule has 1 rings (SSSR count). The molecule has 0 radical (unpaired) electrons. The molecular formula is C11H18BrN3O. The van der Waals surface area contributed by atoms with Crippen molar-refractivity contribution in [3.63, 3.8) is 0 Å². The highest BCUT2D eigenvalue weighted by atomic mass is 79.9. The highest BCUT2D eigenvalue weighted by Crippen LogP contribution is 2.20. The number of aromatic nitrogens is 1. The quantitative estimate of drug-likeness (QED) is 0.811. The van der Waals surface area contributed by atoms with E-state index in [1.54, 1.807) is 6.20 Å². The molecule has 90 valence electrons. The monoisotopic (exact) mass is 287 g/mol. The Labute approximate surface area is 105 Å². The number of likely N-dealkylation sites (N-methyl/N-ethyl adjacent to an activating group) is 1. The molecule has 4 nitrogen and oxygen atoms in total. The Kier molecular flexibility index (Phi) is 5.73. The Balaban J connectivity index is 2.70. The van der Waals surface area contributed by atoms with Crippen molar-refractivity contribution in [2.45, 2.75) is 13.5 Å². The molecule has 0 saturated heterocycles. The molecule has 0 fully saturated rings. The van der Waals surface area contributed by atoms with Gasteiger partial charge >= 0.3 is 0 Å². The maximum atomic E-state index is 5.69. The Morgan fingerprint density at radius 3 is 2.94 bits per heavy atom. The highest BCUT2D eigenvalue weighted by Gasteiger charge is 2.08. The average molecular weight is 288 g/mol. The van der Waals surface area contributed by atoms with Crippen molar-refractivity contribution < 1.29 is 4.74 Å². The van der Waals surface area contributed by atoms with E-state index in [1.807, 2.05) is 20.0 Å². The maximum Gasteiger partial charge on any atom is 0.132 e. The van der Waals surface area contributed by atoms with Gasteiger partial charge in [-0.1, -0.05) is 0 Å². The summed E-state index contributed by atoms with van der Waals surface area (Å²) in [6, 6.07) is 2.00. The van der Waals surface area contributed by atoms with Gasteiger partial charge in [0, 0.05) is 43.0 Å². The largest absolute Gasteiger partial charge is 0.380 e. The van der Waals surface area contributed by atoms with Crippen molar-refractivity contribution in [3.05, 3.63) is 22.3 Å². The number of nitrogens with two attached hydrogens (primary N) is 1. The van der Waals surface area contributed by atoms with Crippen LogP contribution in [0.5, 0.6) is 0 Å². The number of rotatable bonds is 6. The zero-order valence-corrected chi connectivity index (χ0v) is 11.3. The molecule has 0 amide bonds. The SMILES string of the molecule is CCOCCN(C)c1ncc(Br)cc1CN. The first-order chi connectivity index (χ1) is 7.69. The molecule has 0 aromatic carbocycles. The first-order valence-corrected chi connectivity index (χ1v) is 6.11. The fourth-order valence-corrected chi connectivity index (χ4v) is 1.80. The number of hydrogen-bond donors (Lipinski definition) is 1. The second-order valence-electron chi connectivity index (χ2n) is 3.46. The van der Waals surface area contributed by atoms with Gasteiger partial charge in [-0.15, -0.1) is 0 Å². The van der Waals surface area contributed by atoms with Crippen molar-refractivity contribution in [1.82, 2.24) is 4.98 Å². The van der Waals surface area contributed by atoms with Crippen LogP contribution >= 0.6 is 15.9 Å². The second-order valence-corrected chi connectivity index (χ2v) is 4.37. The van der Waals surface area contributed by atoms with Gasteiger partial charge in [0.25, 0.3) is 0 Å². The van der Waals surface area contributed by atoms with E-state index in [1.165, 1.54) is 0 Å². The molecule has 1 heterocycles. The maximum absolute atomic E-state index is 5.69. The van der Waals surface area contributed by atoms with Crippen LogP contribution in [0.15, 0.2) is 16.7 Å². The summed E-state index contributed by atoms with van der Waals surface area (Å²) < 4.78 is 6.27. The first kappa shape index (κ1) is 13.4. The molecule has 1 aromatic rings. The molecule has 16 heavy (non-hydrogen) atoms. The average Bonchev–Trinajstić information content (AvgIpc) is 2.29. The van der Waals surface area contributed by atoms with Crippen molar-refractivity contribution in [3.8, 4) is 0 Å². The summed E-state index contributed by atoms with van der Waals surface area (Å²) in [4.78, 5) is 6.43. The lowest BCUT2D eigenvalue weighted by Gasteiger charge is -2.20. The predicted octanol–water partition coefficient (Wildman–Crippen LogP) is 1.78. The van der Waals surface area contributed by atoms with Crippen molar-refractivity contribution in [2.24, 2.45) is 5.73 Å². The van der Waals surface area contributed by atoms with Gasteiger partial charge in [-0.3, -0.25) is 0 Å². The number of pyridine rings is 1. The van der Waals surface area contributed by atoms with Gasteiger partial charge in [0.05, 0.1) is 6.61 Å². The summed E-state index contributed by atoms with van der Waals surface area (Å²) in [6.45, 7) is 4.74. The third-order valence-corrected chi connectivity index (χ3v) is 2.70. The number of halogens is 1. The van der Waals surface area contributed by atoms with Crippen LogP contribution in [-0.2, 0) is 11.3 Å². The van der Waals surface area contributed by atoms with Crippen LogP contribution in [0.4, 0.5) is 5.82 Å². The number of anilines is 1. The van der Waals surface area contributed by atoms with E-state index >= 15 is 0 Å². The van der Waals surface area contributed by atoms with Gasteiger partial charge in [-0.05, 0) is 28.9 Å². The van der Waals surface area contributed by atoms with Gasteiger partial charge in [0.2, 0.25) is 0 Å². The van der Waals surface area contributed by atoms with Crippen molar-refractivity contribution >= 4 is 21.7 Å². The lowest BCUT2D eigenvalue weighted by atomic mass is 10.2. The molecule has 0 atom stereocenters. The molecule has 0 aliphatic carbocycles. The van der Waals surface area contributed by atoms with Gasteiger partial charge in [-0.25, -0.2) is 4.98 Å². The van der Waals surface area contributed by atoms with Crippen LogP contribution in [0.25, 0.3) is 0 Å². The predicted molar refractivity (Wildman–Crippen MR) is 69.6 cm³/mol. The van der Waals surface area contributed by atoms with Crippen LogP contribution < -0.4 is 10.6 Å². The molecule has 0 saturated carbocycles. The van der Waals surface area contributed by atoms with E-state index in [2.05, 4.69) is 25.8 Å². The minimum Gasteiger partial charge on any atom is -0.380 e. The second kappa shape index (κ2) is 6.83. The van der Waals surface area contributed by atoms with E-state index < -0.39 is 0 Å². The molecule has 0 aliphatic rings. The third kappa shape index (κ3) is 3.73. The molecule has 5 heteroatoms. The molecule has 0 aliphatic heterocycles. The zero-order valence-electron chi connectivity index (χ0n) is 9.74. The van der Waals surface area contributed by atoms with Gasteiger partial charge in [-0.2, -0.15) is 0 Å². The molecule has 2 N–H and O–H groups in total. The summed E-state index contributed by atoms with van der Waals surface area (Å²) in [5, 5.41) is 0. The lowest BCUT2D eigenvalue weighted by Crippen LogP contribution is -2.25. The van der Waals surface area contributed by atoms with Crippen LogP contribution in [0.2, 0.25) is 0 Å². The van der Waals surface area contributed by atoms with Crippen molar-refractivity contribution in [1.29, 1.82) is 0 Å². The molecule has 0 spiro atoms. The Morgan fingerprint density at radius 1 is 1.56 bits per heavy atom. The Bertz CT molecular complexity index is 333. The van der Waals surface area contributed by atoms with E-state index in [4.69, 9.17) is 10.5 Å². The summed E-state index contributed by atoms with van der Waals surface area (Å²) >= 11 is 3.39. The number of ether oxygens (including phenoxy) is 1. The highest BCUT2D eigenvalue weighted by molar-refractivity contribution is 9.10. The molecule has 1 aromatic heterocycles. The van der Waals surface area contributed by atoms with E-state index in [-0.39, 0.29) is 0 Å². The van der Waals surface area contributed by atoms with Gasteiger partial charge in [0.1, 0.15) is 5.82 Å². The summed E-state index contributed by atoms with van der Waals surface area (Å²) in [5.74, 6) is 0.922. The number of hydrogen-bond acceptors (Lipinski definition) is 4. The summed E-state index contributed by atoms with van der Waals surface area (Å²) in [5.41, 5.74) is 6.73. The topological polar surface area (TPSA) is 51.4 Å². The summed E-state index contributed by atoms with van der Waals surface area (Å²) in [7, 11) is 1.99. The van der Waals surface area contributed by atoms with E-state index in [0.717, 1.165) is 29.0 Å². The number of nitrogens with zero attached hydrogens (tertiary/aromatic N) is 2. The van der Waals surface area contributed by atoms with Gasteiger partial charge in [0.15, 0.2) is 0 Å². The lowest BCUT2D eigenvalue weighted by molar-refractivity contribution is 0.154. The van der Waals surface area contributed by atoms with Crippen LogP contribution in [0.1, 0.15) is 12.5 Å². The first-order valence-electron chi connectivity index (χ1n) is 5.32. The van der Waals surface area contributed by atoms with Crippen molar-refractivity contribution in [2.75, 3.05) is 31.7 Å². The smallest absolute Gasteiger partial charge is 0.132 e. The fourth-order valence-electron chi connectivity index (χ4n) is 1.42. The normalized spacial score (nSPS) is 10.5. The van der Waals surface area contributed by atoms with E-state index in [0.29, 0.717) is 13.2 Å². The van der Waals surface area contributed by atoms with E-state index in [9.17, 15) is 0 Å². The Morgan fingerprint density at radius 2 is 2.31 bits per heavy atom. The Hall–Kier alpha value is -0.650. The van der Waals surface area contributed by atoms with Crippen LogP contribution in [0.3, 0.4) is 0 Å². The fraction of sp³-hybridized carbons (Fsp3) is 0.545.